The van der Waals surface area contributed by atoms with Crippen molar-refractivity contribution < 1.29 is 20.7 Å². The zero-order valence-corrected chi connectivity index (χ0v) is 9.76. The standard InChI is InChI=1S/C12H15N3O3/c13-12(18)15-10(11(16)17)5-7-6-14-9-4-2-1-3-8(7)9/h1-4,6,10,12,14-15,18H,5,13H2,(H,16,17)/p+1/t10-,12?/m1/s1. The van der Waals surface area contributed by atoms with Gasteiger partial charge in [0.05, 0.1) is 0 Å². The smallest absolute Gasteiger partial charge is 0.321 e. The number of aliphatic carboxylic acids is 1. The van der Waals surface area contributed by atoms with Crippen LogP contribution in [0.15, 0.2) is 30.5 Å². The fraction of sp³-hybridized carbons (Fsp3) is 0.250. The molecule has 0 fully saturated rings. The molecule has 96 valence electrons. The number of quaternary nitrogens is 1. The molecule has 2 rings (SSSR count). The molecule has 0 saturated heterocycles. The van der Waals surface area contributed by atoms with E-state index < -0.39 is 18.4 Å². The van der Waals surface area contributed by atoms with Crippen LogP contribution in [0, 0.1) is 0 Å². The minimum absolute atomic E-state index is 0.284. The maximum atomic E-state index is 11.1. The lowest BCUT2D eigenvalue weighted by atomic mass is 10.1. The summed E-state index contributed by atoms with van der Waals surface area (Å²) in [5, 5.41) is 21.7. The van der Waals surface area contributed by atoms with Crippen molar-refractivity contribution in [3.8, 4) is 0 Å². The van der Waals surface area contributed by atoms with Gasteiger partial charge in [0.1, 0.15) is 6.04 Å². The van der Waals surface area contributed by atoms with Gasteiger partial charge < -0.3 is 20.9 Å². The first-order valence-corrected chi connectivity index (χ1v) is 5.63. The summed E-state index contributed by atoms with van der Waals surface area (Å²) in [4.78, 5) is 14.2. The molecule has 2 atom stereocenters. The third kappa shape index (κ3) is 2.67. The number of hydrogen-bond donors (Lipinski definition) is 5. The van der Waals surface area contributed by atoms with Gasteiger partial charge in [0, 0.05) is 23.5 Å². The summed E-state index contributed by atoms with van der Waals surface area (Å²) in [5.74, 6) is -1.01. The minimum atomic E-state index is -1.10. The van der Waals surface area contributed by atoms with Crippen LogP contribution in [0.4, 0.5) is 0 Å². The third-order valence-corrected chi connectivity index (χ3v) is 2.79. The summed E-state index contributed by atoms with van der Waals surface area (Å²) in [6, 6.07) is 6.81. The van der Waals surface area contributed by atoms with E-state index in [0.717, 1.165) is 16.5 Å². The van der Waals surface area contributed by atoms with Crippen LogP contribution >= 0.6 is 0 Å². The molecule has 0 saturated carbocycles. The number of aliphatic hydroxyl groups excluding tert-OH is 1. The van der Waals surface area contributed by atoms with Crippen molar-refractivity contribution >= 4 is 16.9 Å². The van der Waals surface area contributed by atoms with Crippen LogP contribution in [-0.2, 0) is 11.2 Å². The number of aliphatic hydroxyl groups is 1. The van der Waals surface area contributed by atoms with Crippen molar-refractivity contribution in [3.63, 3.8) is 0 Å². The van der Waals surface area contributed by atoms with Crippen LogP contribution in [-0.4, -0.2) is 33.6 Å². The van der Waals surface area contributed by atoms with E-state index in [4.69, 9.17) is 10.2 Å². The number of H-pyrrole nitrogens is 1. The van der Waals surface area contributed by atoms with Crippen LogP contribution in [0.5, 0.6) is 0 Å². The highest BCUT2D eigenvalue weighted by atomic mass is 16.4. The van der Waals surface area contributed by atoms with E-state index in [9.17, 15) is 4.79 Å². The first kappa shape index (κ1) is 12.6. The molecule has 7 N–H and O–H groups in total. The van der Waals surface area contributed by atoms with Crippen LogP contribution in [0.25, 0.3) is 10.9 Å². The van der Waals surface area contributed by atoms with Crippen molar-refractivity contribution in [1.82, 2.24) is 10.3 Å². The number of aromatic amines is 1. The number of carboxylic acid groups (broad SMARTS) is 1. The summed E-state index contributed by atoms with van der Waals surface area (Å²) in [6.07, 6.45) is 0.972. The molecule has 1 aromatic heterocycles. The lowest BCUT2D eigenvalue weighted by molar-refractivity contribution is -0.493. The molecule has 0 aliphatic carbocycles. The van der Waals surface area contributed by atoms with Gasteiger partial charge in [0.2, 0.25) is 6.35 Å². The Morgan fingerprint density at radius 2 is 2.17 bits per heavy atom. The molecule has 0 aliphatic rings. The van der Waals surface area contributed by atoms with Crippen LogP contribution in [0.1, 0.15) is 5.56 Å². The zero-order chi connectivity index (χ0) is 13.1. The summed E-state index contributed by atoms with van der Waals surface area (Å²) in [5.41, 5.74) is 5.18. The molecule has 1 unspecified atom stereocenters. The SMILES string of the molecule is [NH3+]C(O)N[C@H](Cc1c[nH]c2ccccc12)C(=O)O. The lowest BCUT2D eigenvalue weighted by Gasteiger charge is -2.13. The number of carbonyl (C=O) groups is 1. The lowest BCUT2D eigenvalue weighted by Crippen LogP contribution is -2.70. The first-order chi connectivity index (χ1) is 8.58. The zero-order valence-electron chi connectivity index (χ0n) is 9.76. The van der Waals surface area contributed by atoms with Crippen molar-refractivity contribution in [3.05, 3.63) is 36.0 Å². The van der Waals surface area contributed by atoms with E-state index in [1.807, 2.05) is 24.3 Å². The van der Waals surface area contributed by atoms with Gasteiger partial charge in [-0.2, -0.15) is 0 Å². The number of hydrogen-bond acceptors (Lipinski definition) is 3. The fourth-order valence-electron chi connectivity index (χ4n) is 1.97. The largest absolute Gasteiger partial charge is 0.480 e. The summed E-state index contributed by atoms with van der Waals surface area (Å²) in [6.45, 7) is 0. The van der Waals surface area contributed by atoms with E-state index in [1.165, 1.54) is 0 Å². The van der Waals surface area contributed by atoms with Crippen molar-refractivity contribution in [1.29, 1.82) is 0 Å². The maximum absolute atomic E-state index is 11.1. The molecule has 18 heavy (non-hydrogen) atoms. The van der Waals surface area contributed by atoms with Gasteiger partial charge >= 0.3 is 5.97 Å². The second kappa shape index (κ2) is 5.18. The van der Waals surface area contributed by atoms with E-state index in [1.54, 1.807) is 6.20 Å². The second-order valence-corrected chi connectivity index (χ2v) is 4.14. The Balaban J connectivity index is 2.23. The highest BCUT2D eigenvalue weighted by Gasteiger charge is 2.21. The maximum Gasteiger partial charge on any atom is 0.321 e. The number of para-hydroxylation sites is 1. The Morgan fingerprint density at radius 1 is 1.44 bits per heavy atom. The van der Waals surface area contributed by atoms with Gasteiger partial charge in [0.15, 0.2) is 0 Å². The first-order valence-electron chi connectivity index (χ1n) is 5.63. The molecule has 6 nitrogen and oxygen atoms in total. The molecule has 0 aliphatic heterocycles. The van der Waals surface area contributed by atoms with Gasteiger partial charge in [-0.3, -0.25) is 4.79 Å². The molecule has 1 heterocycles. The summed E-state index contributed by atoms with van der Waals surface area (Å²) >= 11 is 0. The monoisotopic (exact) mass is 250 g/mol. The van der Waals surface area contributed by atoms with Gasteiger partial charge in [-0.05, 0) is 11.6 Å². The Bertz CT molecular complexity index is 550. The number of aromatic nitrogens is 1. The van der Waals surface area contributed by atoms with Gasteiger partial charge in [0.25, 0.3) is 0 Å². The van der Waals surface area contributed by atoms with Crippen molar-refractivity contribution in [2.24, 2.45) is 0 Å². The molecule has 0 bridgehead atoms. The topological polar surface area (TPSA) is 113 Å². The van der Waals surface area contributed by atoms with Crippen molar-refractivity contribution in [2.75, 3.05) is 0 Å². The molecule has 6 heteroatoms. The average molecular weight is 250 g/mol. The Kier molecular flexibility index (Phi) is 3.61. The predicted octanol–water partition coefficient (Wildman–Crippen LogP) is -0.729. The number of fused-ring (bicyclic) bond motifs is 1. The molecule has 0 amide bonds. The van der Waals surface area contributed by atoms with Gasteiger partial charge in [-0.1, -0.05) is 18.2 Å². The predicted molar refractivity (Wildman–Crippen MR) is 65.5 cm³/mol. The Labute approximate surface area is 103 Å². The molecular weight excluding hydrogens is 234 g/mol. The van der Waals surface area contributed by atoms with E-state index in [2.05, 4.69) is 16.0 Å². The Hall–Kier alpha value is -1.89. The second-order valence-electron chi connectivity index (χ2n) is 4.14. The molecule has 0 radical (unpaired) electrons. The normalized spacial score (nSPS) is 14.6. The number of rotatable bonds is 5. The highest BCUT2D eigenvalue weighted by molar-refractivity contribution is 5.84. The van der Waals surface area contributed by atoms with E-state index in [0.29, 0.717) is 0 Å². The summed E-state index contributed by atoms with van der Waals surface area (Å²) in [7, 11) is 0. The van der Waals surface area contributed by atoms with Crippen LogP contribution < -0.4 is 11.1 Å². The molecule has 1 aromatic carbocycles. The number of nitrogens with one attached hydrogen (secondary N) is 2. The fourth-order valence-corrected chi connectivity index (χ4v) is 1.97. The van der Waals surface area contributed by atoms with E-state index >= 15 is 0 Å². The van der Waals surface area contributed by atoms with Gasteiger partial charge in [-0.25, -0.2) is 5.32 Å². The third-order valence-electron chi connectivity index (χ3n) is 2.79. The van der Waals surface area contributed by atoms with E-state index in [-0.39, 0.29) is 6.42 Å². The highest BCUT2D eigenvalue weighted by Crippen LogP contribution is 2.19. The summed E-state index contributed by atoms with van der Waals surface area (Å²) < 4.78 is 0. The molecular formula is C12H16N3O3+. The molecule has 2 aromatic rings. The molecule has 0 spiro atoms. The Morgan fingerprint density at radius 3 is 2.83 bits per heavy atom. The minimum Gasteiger partial charge on any atom is -0.480 e. The van der Waals surface area contributed by atoms with Gasteiger partial charge in [-0.15, -0.1) is 0 Å². The van der Waals surface area contributed by atoms with Crippen molar-refractivity contribution in [2.45, 2.75) is 18.8 Å². The quantitative estimate of drug-likeness (QED) is 0.450. The number of benzene rings is 1. The van der Waals surface area contributed by atoms with Crippen LogP contribution in [0.3, 0.4) is 0 Å². The van der Waals surface area contributed by atoms with Crippen LogP contribution in [0.2, 0.25) is 0 Å². The average Bonchev–Trinajstić information content (AvgIpc) is 2.71. The number of carboxylic acids is 1.